The summed E-state index contributed by atoms with van der Waals surface area (Å²) in [5.41, 5.74) is 1.52. The fourth-order valence-electron chi connectivity index (χ4n) is 2.57. The van der Waals surface area contributed by atoms with Crippen molar-refractivity contribution < 1.29 is 18.7 Å². The fourth-order valence-corrected chi connectivity index (χ4v) is 2.57. The van der Waals surface area contributed by atoms with Crippen LogP contribution in [0.5, 0.6) is 0 Å². The van der Waals surface area contributed by atoms with E-state index in [0.29, 0.717) is 33.8 Å². The smallest absolute Gasteiger partial charge is 0.339 e. The molecule has 0 aliphatic heterocycles. The van der Waals surface area contributed by atoms with E-state index in [1.54, 1.807) is 30.5 Å². The van der Waals surface area contributed by atoms with Crippen LogP contribution in [-0.4, -0.2) is 29.5 Å². The Morgan fingerprint density at radius 3 is 2.63 bits per heavy atom. The minimum Gasteiger partial charge on any atom is -0.463 e. The van der Waals surface area contributed by atoms with Gasteiger partial charge in [-0.2, -0.15) is 0 Å². The van der Waals surface area contributed by atoms with Crippen molar-refractivity contribution in [2.24, 2.45) is 5.92 Å². The lowest BCUT2D eigenvalue weighted by Gasteiger charge is -2.17. The Kier molecular flexibility index (Phi) is 5.54. The van der Waals surface area contributed by atoms with Gasteiger partial charge in [0.1, 0.15) is 5.69 Å². The molecule has 0 unspecified atom stereocenters. The van der Waals surface area contributed by atoms with Crippen LogP contribution in [0.2, 0.25) is 0 Å². The molecule has 1 N–H and O–H groups in total. The first-order chi connectivity index (χ1) is 13.0. The third-order valence-electron chi connectivity index (χ3n) is 4.43. The molecule has 0 radical (unpaired) electrons. The van der Waals surface area contributed by atoms with Crippen molar-refractivity contribution in [3.8, 4) is 11.5 Å². The van der Waals surface area contributed by atoms with Gasteiger partial charge in [-0.1, -0.05) is 32.0 Å². The fraction of sp³-hybridized carbons (Fsp3) is 0.286. The zero-order valence-electron chi connectivity index (χ0n) is 15.6. The van der Waals surface area contributed by atoms with E-state index in [-0.39, 0.29) is 18.6 Å². The third kappa shape index (κ3) is 4.34. The molecular weight excluding hydrogens is 344 g/mol. The second-order valence-corrected chi connectivity index (χ2v) is 6.73. The van der Waals surface area contributed by atoms with Crippen LogP contribution in [0.15, 0.2) is 53.1 Å². The average Bonchev–Trinajstić information content (AvgIpc) is 3.20. The van der Waals surface area contributed by atoms with Gasteiger partial charge in [0.15, 0.2) is 12.4 Å². The topological polar surface area (TPSA) is 81.4 Å². The van der Waals surface area contributed by atoms with Crippen molar-refractivity contribution in [3.63, 3.8) is 0 Å². The van der Waals surface area contributed by atoms with Gasteiger partial charge < -0.3 is 14.5 Å². The Morgan fingerprint density at radius 1 is 1.15 bits per heavy atom. The highest BCUT2D eigenvalue weighted by Crippen LogP contribution is 2.25. The number of carbonyl (C=O) groups excluding carboxylic acids is 2. The van der Waals surface area contributed by atoms with Crippen LogP contribution in [-0.2, 0) is 9.53 Å². The van der Waals surface area contributed by atoms with E-state index in [1.165, 1.54) is 0 Å². The lowest BCUT2D eigenvalue weighted by atomic mass is 10.1. The quantitative estimate of drug-likeness (QED) is 0.671. The summed E-state index contributed by atoms with van der Waals surface area (Å²) in [5.74, 6) is -0.0501. The molecule has 1 amide bonds. The molecule has 3 aromatic rings. The Bertz CT molecular complexity index is 948. The first-order valence-electron chi connectivity index (χ1n) is 8.86. The Labute approximate surface area is 157 Å². The zero-order valence-corrected chi connectivity index (χ0v) is 15.6. The van der Waals surface area contributed by atoms with Crippen molar-refractivity contribution in [2.75, 3.05) is 6.61 Å². The summed E-state index contributed by atoms with van der Waals surface area (Å²) in [6.07, 6.45) is 1.55. The first kappa shape index (κ1) is 18.6. The van der Waals surface area contributed by atoms with Crippen LogP contribution in [0.4, 0.5) is 0 Å². The summed E-state index contributed by atoms with van der Waals surface area (Å²) < 4.78 is 10.6. The molecule has 1 atom stereocenters. The van der Waals surface area contributed by atoms with Crippen molar-refractivity contribution >= 4 is 22.8 Å². The number of aromatic nitrogens is 1. The van der Waals surface area contributed by atoms with Crippen LogP contribution in [0.25, 0.3) is 22.4 Å². The summed E-state index contributed by atoms with van der Waals surface area (Å²) in [6, 6.07) is 12.4. The number of hydrogen-bond donors (Lipinski definition) is 1. The maximum atomic E-state index is 12.6. The summed E-state index contributed by atoms with van der Waals surface area (Å²) >= 11 is 0. The number of esters is 1. The van der Waals surface area contributed by atoms with Crippen molar-refractivity contribution in [1.29, 1.82) is 0 Å². The largest absolute Gasteiger partial charge is 0.463 e. The van der Waals surface area contributed by atoms with Gasteiger partial charge in [0.05, 0.1) is 17.3 Å². The number of amides is 1. The third-order valence-corrected chi connectivity index (χ3v) is 4.43. The number of ether oxygens (including phenoxy) is 1. The van der Waals surface area contributed by atoms with E-state index in [9.17, 15) is 9.59 Å². The van der Waals surface area contributed by atoms with Gasteiger partial charge >= 0.3 is 5.97 Å². The lowest BCUT2D eigenvalue weighted by molar-refractivity contribution is -0.125. The number of benzene rings is 1. The predicted molar refractivity (Wildman–Crippen MR) is 102 cm³/mol. The predicted octanol–water partition coefficient (Wildman–Crippen LogP) is 3.81. The zero-order chi connectivity index (χ0) is 19.4. The van der Waals surface area contributed by atoms with Crippen LogP contribution >= 0.6 is 0 Å². The molecule has 27 heavy (non-hydrogen) atoms. The molecule has 6 heteroatoms. The minimum absolute atomic E-state index is 0.00325. The number of nitrogens with zero attached hydrogens (tertiary/aromatic N) is 1. The number of para-hydroxylation sites is 1. The van der Waals surface area contributed by atoms with Gasteiger partial charge in [-0.3, -0.25) is 4.79 Å². The summed E-state index contributed by atoms with van der Waals surface area (Å²) in [7, 11) is 0. The van der Waals surface area contributed by atoms with E-state index in [1.807, 2.05) is 39.0 Å². The molecule has 6 nitrogen and oxygen atoms in total. The van der Waals surface area contributed by atoms with E-state index in [2.05, 4.69) is 10.3 Å². The molecule has 1 aromatic carbocycles. The highest BCUT2D eigenvalue weighted by atomic mass is 16.5. The molecule has 0 fully saturated rings. The number of rotatable bonds is 6. The van der Waals surface area contributed by atoms with E-state index in [4.69, 9.17) is 9.15 Å². The SMILES string of the molecule is CC(C)[C@@H](C)NC(=O)COC(=O)c1cc(-c2ccco2)nc2ccccc12. The highest BCUT2D eigenvalue weighted by Gasteiger charge is 2.18. The minimum atomic E-state index is -0.575. The second-order valence-electron chi connectivity index (χ2n) is 6.73. The molecule has 0 bridgehead atoms. The molecule has 0 saturated heterocycles. The van der Waals surface area contributed by atoms with E-state index < -0.39 is 5.97 Å². The van der Waals surface area contributed by atoms with Gasteiger partial charge in [-0.05, 0) is 37.1 Å². The highest BCUT2D eigenvalue weighted by molar-refractivity contribution is 6.05. The molecule has 2 aromatic heterocycles. The molecular formula is C21H22N2O4. The maximum absolute atomic E-state index is 12.6. The standard InChI is InChI=1S/C21H22N2O4/c1-13(2)14(3)22-20(24)12-27-21(25)16-11-18(19-9-6-10-26-19)23-17-8-5-4-7-15(16)17/h4-11,13-14H,12H2,1-3H3,(H,22,24)/t14-/m1/s1. The van der Waals surface area contributed by atoms with Gasteiger partial charge in [-0.25, -0.2) is 9.78 Å². The van der Waals surface area contributed by atoms with Gasteiger partial charge in [-0.15, -0.1) is 0 Å². The summed E-state index contributed by atoms with van der Waals surface area (Å²) in [4.78, 5) is 29.2. The van der Waals surface area contributed by atoms with Crippen LogP contribution in [0.3, 0.4) is 0 Å². The molecule has 3 rings (SSSR count). The molecule has 2 heterocycles. The maximum Gasteiger partial charge on any atom is 0.339 e. The van der Waals surface area contributed by atoms with Crippen molar-refractivity contribution in [2.45, 2.75) is 26.8 Å². The first-order valence-corrected chi connectivity index (χ1v) is 8.86. The number of nitrogens with one attached hydrogen (secondary N) is 1. The number of fused-ring (bicyclic) bond motifs is 1. The number of hydrogen-bond acceptors (Lipinski definition) is 5. The molecule has 140 valence electrons. The average molecular weight is 366 g/mol. The van der Waals surface area contributed by atoms with Gasteiger partial charge in [0.25, 0.3) is 5.91 Å². The van der Waals surface area contributed by atoms with E-state index in [0.717, 1.165) is 0 Å². The van der Waals surface area contributed by atoms with Crippen LogP contribution < -0.4 is 5.32 Å². The Hall–Kier alpha value is -3.15. The van der Waals surface area contributed by atoms with Gasteiger partial charge in [0, 0.05) is 11.4 Å². The Morgan fingerprint density at radius 2 is 1.93 bits per heavy atom. The van der Waals surface area contributed by atoms with Crippen molar-refractivity contribution in [3.05, 3.63) is 54.3 Å². The van der Waals surface area contributed by atoms with Crippen molar-refractivity contribution in [1.82, 2.24) is 10.3 Å². The van der Waals surface area contributed by atoms with Gasteiger partial charge in [0.2, 0.25) is 0 Å². The van der Waals surface area contributed by atoms with Crippen LogP contribution in [0, 0.1) is 5.92 Å². The number of pyridine rings is 1. The lowest BCUT2D eigenvalue weighted by Crippen LogP contribution is -2.38. The summed E-state index contributed by atoms with van der Waals surface area (Å²) in [6.45, 7) is 5.60. The summed E-state index contributed by atoms with van der Waals surface area (Å²) in [5, 5.41) is 3.47. The molecule has 0 aliphatic rings. The second kappa shape index (κ2) is 8.03. The monoisotopic (exact) mass is 366 g/mol. The molecule has 0 spiro atoms. The molecule has 0 saturated carbocycles. The van der Waals surface area contributed by atoms with E-state index >= 15 is 0 Å². The number of furan rings is 1. The Balaban J connectivity index is 1.82. The normalized spacial score (nSPS) is 12.1. The number of carbonyl (C=O) groups is 2. The van der Waals surface area contributed by atoms with Crippen LogP contribution in [0.1, 0.15) is 31.1 Å². The molecule has 0 aliphatic carbocycles.